The first-order valence-electron chi connectivity index (χ1n) is 14.0. The molecule has 232 valence electrons. The fourth-order valence-corrected chi connectivity index (χ4v) is 5.10. The number of aryl methyl sites for hydroxylation is 2. The highest BCUT2D eigenvalue weighted by Gasteiger charge is 2.41. The third-order valence-electron chi connectivity index (χ3n) is 7.21. The number of nitro benzene ring substituents is 1. The predicted octanol–water partition coefficient (Wildman–Crippen LogP) is 5.99. The van der Waals surface area contributed by atoms with Crippen LogP contribution in [0.1, 0.15) is 16.7 Å². The van der Waals surface area contributed by atoms with Crippen LogP contribution < -0.4 is 24.6 Å². The van der Waals surface area contributed by atoms with E-state index < -0.39 is 29.3 Å². The number of hydrogen-bond donors (Lipinski definition) is 1. The molecule has 0 aromatic heterocycles. The molecule has 0 bridgehead atoms. The zero-order valence-electron chi connectivity index (χ0n) is 25.1. The van der Waals surface area contributed by atoms with E-state index >= 15 is 0 Å². The number of nitrogens with zero attached hydrogens (tertiary/aromatic N) is 3. The van der Waals surface area contributed by atoms with Crippen molar-refractivity contribution < 1.29 is 28.8 Å². The van der Waals surface area contributed by atoms with Gasteiger partial charge in [-0.1, -0.05) is 36.4 Å². The van der Waals surface area contributed by atoms with Gasteiger partial charge in [0.15, 0.2) is 23.2 Å². The average Bonchev–Trinajstić information content (AvgIpc) is 3.04. The molecule has 1 heterocycles. The van der Waals surface area contributed by atoms with Gasteiger partial charge in [0.05, 0.1) is 23.4 Å². The molecule has 1 aliphatic heterocycles. The summed E-state index contributed by atoms with van der Waals surface area (Å²) in [6.45, 7) is 3.48. The van der Waals surface area contributed by atoms with Crippen LogP contribution in [0.25, 0.3) is 6.08 Å². The van der Waals surface area contributed by atoms with Crippen LogP contribution in [0.4, 0.5) is 22.7 Å². The molecule has 0 unspecified atom stereocenters. The summed E-state index contributed by atoms with van der Waals surface area (Å²) >= 11 is 5.71. The maximum absolute atomic E-state index is 13.9. The number of amides is 3. The number of nitrogens with one attached hydrogen (secondary N) is 1. The van der Waals surface area contributed by atoms with Gasteiger partial charge in [0.1, 0.15) is 5.57 Å². The highest BCUT2D eigenvalue weighted by Crippen LogP contribution is 2.33. The number of hydrogen-bond acceptors (Lipinski definition) is 8. The minimum Gasteiger partial charge on any atom is -0.493 e. The first kappa shape index (κ1) is 31.5. The van der Waals surface area contributed by atoms with Crippen LogP contribution in [0.15, 0.2) is 96.6 Å². The van der Waals surface area contributed by atoms with Gasteiger partial charge in [0.2, 0.25) is 0 Å². The van der Waals surface area contributed by atoms with Gasteiger partial charge in [-0.15, -0.1) is 0 Å². The minimum absolute atomic E-state index is 0.0336. The highest BCUT2D eigenvalue weighted by molar-refractivity contribution is 7.81. The maximum Gasteiger partial charge on any atom is 0.271 e. The Morgan fingerprint density at radius 2 is 1.59 bits per heavy atom. The smallest absolute Gasteiger partial charge is 0.271 e. The summed E-state index contributed by atoms with van der Waals surface area (Å²) in [6, 6.07) is 24.6. The summed E-state index contributed by atoms with van der Waals surface area (Å²) in [5.74, 6) is -1.24. The predicted molar refractivity (Wildman–Crippen MR) is 178 cm³/mol. The van der Waals surface area contributed by atoms with Crippen molar-refractivity contribution in [3.63, 3.8) is 0 Å². The number of nitro groups is 1. The minimum atomic E-state index is -0.585. The van der Waals surface area contributed by atoms with Crippen molar-refractivity contribution in [2.45, 2.75) is 13.8 Å². The molecule has 0 radical (unpaired) electrons. The van der Waals surface area contributed by atoms with Gasteiger partial charge >= 0.3 is 0 Å². The molecule has 1 fully saturated rings. The molecule has 4 aromatic carbocycles. The van der Waals surface area contributed by atoms with Gasteiger partial charge in [-0.25, -0.2) is 0 Å². The Labute approximate surface area is 269 Å². The first-order valence-corrected chi connectivity index (χ1v) is 14.4. The molecule has 1 N–H and O–H groups in total. The molecule has 5 rings (SSSR count). The van der Waals surface area contributed by atoms with Crippen molar-refractivity contribution in [2.75, 3.05) is 28.8 Å². The molecule has 11 nitrogen and oxygen atoms in total. The van der Waals surface area contributed by atoms with Gasteiger partial charge in [-0.05, 0) is 91.3 Å². The Bertz CT molecular complexity index is 1910. The van der Waals surface area contributed by atoms with E-state index in [0.29, 0.717) is 16.9 Å². The Hall–Kier alpha value is -5.88. The topological polar surface area (TPSA) is 131 Å². The zero-order valence-corrected chi connectivity index (χ0v) is 25.9. The Kier molecular flexibility index (Phi) is 9.19. The Balaban J connectivity index is 1.42. The molecule has 12 heteroatoms. The monoisotopic (exact) mass is 636 g/mol. The normalized spacial score (nSPS) is 14.0. The SMILES string of the molecule is COc1cc(/C=C2\C(=O)N(c3ccccc3)C(=S)N(c3ccc(C)c(C)c3)C2=O)ccc1OCC(=O)Nc1cccc([N+](=O)[O-])c1. The number of para-hydroxylation sites is 1. The lowest BCUT2D eigenvalue weighted by Crippen LogP contribution is -2.57. The van der Waals surface area contributed by atoms with E-state index in [2.05, 4.69) is 5.32 Å². The molecule has 0 spiro atoms. The Morgan fingerprint density at radius 1 is 0.870 bits per heavy atom. The summed E-state index contributed by atoms with van der Waals surface area (Å²) in [5, 5.41) is 13.6. The van der Waals surface area contributed by atoms with Crippen LogP contribution in [-0.4, -0.2) is 41.5 Å². The summed E-state index contributed by atoms with van der Waals surface area (Å²) in [7, 11) is 1.41. The van der Waals surface area contributed by atoms with Gasteiger partial charge < -0.3 is 14.8 Å². The molecule has 3 amide bonds. The molecule has 1 aliphatic rings. The summed E-state index contributed by atoms with van der Waals surface area (Å²) in [6.07, 6.45) is 1.46. The van der Waals surface area contributed by atoms with E-state index in [9.17, 15) is 24.5 Å². The van der Waals surface area contributed by atoms with E-state index in [0.717, 1.165) is 11.1 Å². The average molecular weight is 637 g/mol. The van der Waals surface area contributed by atoms with Gasteiger partial charge in [0, 0.05) is 17.8 Å². The molecule has 0 saturated carbocycles. The van der Waals surface area contributed by atoms with Gasteiger partial charge in [-0.3, -0.25) is 34.3 Å². The number of ether oxygens (including phenoxy) is 2. The molecule has 1 saturated heterocycles. The Morgan fingerprint density at radius 3 is 2.26 bits per heavy atom. The number of anilines is 3. The number of benzene rings is 4. The maximum atomic E-state index is 13.9. The number of rotatable bonds is 9. The van der Waals surface area contributed by atoms with Crippen LogP contribution in [0.5, 0.6) is 11.5 Å². The quantitative estimate of drug-likeness (QED) is 0.0780. The molecular weight excluding hydrogens is 608 g/mol. The number of carbonyl (C=O) groups is 3. The number of carbonyl (C=O) groups excluding carboxylic acids is 3. The van der Waals surface area contributed by atoms with Crippen molar-refractivity contribution in [2.24, 2.45) is 0 Å². The van der Waals surface area contributed by atoms with Crippen molar-refractivity contribution in [1.82, 2.24) is 0 Å². The van der Waals surface area contributed by atoms with Crippen LogP contribution in [-0.2, 0) is 14.4 Å². The second kappa shape index (κ2) is 13.4. The van der Waals surface area contributed by atoms with Crippen molar-refractivity contribution >= 4 is 63.9 Å². The molecule has 46 heavy (non-hydrogen) atoms. The standard InChI is InChI=1S/C34H28N4O7S/c1-21-12-14-26(16-22(21)2)37-33(41)28(32(40)36(34(37)46)25-9-5-4-6-10-25)17-23-13-15-29(30(18-23)44-3)45-20-31(39)35-24-8-7-11-27(19-24)38(42)43/h4-19H,20H2,1-3H3,(H,35,39)/b28-17+. The third kappa shape index (κ3) is 6.61. The second-order valence-corrected chi connectivity index (χ2v) is 10.6. The lowest BCUT2D eigenvalue weighted by Gasteiger charge is -2.36. The molecule has 4 aromatic rings. The number of thiocarbonyl (C=S) groups is 1. The first-order chi connectivity index (χ1) is 22.1. The molecule has 0 aliphatic carbocycles. The van der Waals surface area contributed by atoms with Gasteiger partial charge in [0.25, 0.3) is 23.4 Å². The van der Waals surface area contributed by atoms with Crippen LogP contribution in [0.3, 0.4) is 0 Å². The van der Waals surface area contributed by atoms with E-state index in [1.54, 1.807) is 48.5 Å². The summed E-state index contributed by atoms with van der Waals surface area (Å²) in [4.78, 5) is 53.4. The van der Waals surface area contributed by atoms with Crippen LogP contribution in [0, 0.1) is 24.0 Å². The van der Waals surface area contributed by atoms with Crippen LogP contribution >= 0.6 is 12.2 Å². The van der Waals surface area contributed by atoms with Crippen molar-refractivity contribution in [3.8, 4) is 11.5 Å². The summed E-state index contributed by atoms with van der Waals surface area (Å²) in [5.41, 5.74) is 3.47. The van der Waals surface area contributed by atoms with E-state index in [1.807, 2.05) is 32.0 Å². The van der Waals surface area contributed by atoms with Crippen molar-refractivity contribution in [1.29, 1.82) is 0 Å². The summed E-state index contributed by atoms with van der Waals surface area (Å²) < 4.78 is 11.1. The number of non-ortho nitro benzene ring substituents is 1. The lowest BCUT2D eigenvalue weighted by molar-refractivity contribution is -0.384. The zero-order chi connectivity index (χ0) is 33.0. The van der Waals surface area contributed by atoms with Crippen LogP contribution in [0.2, 0.25) is 0 Å². The second-order valence-electron chi connectivity index (χ2n) is 10.3. The van der Waals surface area contributed by atoms with Crippen molar-refractivity contribution in [3.05, 3.63) is 123 Å². The fourth-order valence-electron chi connectivity index (χ4n) is 4.72. The highest BCUT2D eigenvalue weighted by atomic mass is 32.1. The largest absolute Gasteiger partial charge is 0.493 e. The molecular formula is C34H28N4O7S. The molecule has 0 atom stereocenters. The van der Waals surface area contributed by atoms with E-state index in [1.165, 1.54) is 47.3 Å². The third-order valence-corrected chi connectivity index (χ3v) is 7.58. The van der Waals surface area contributed by atoms with Gasteiger partial charge in [-0.2, -0.15) is 0 Å². The van der Waals surface area contributed by atoms with E-state index in [4.69, 9.17) is 21.7 Å². The van der Waals surface area contributed by atoms with E-state index in [-0.39, 0.29) is 33.6 Å². The fraction of sp³-hybridized carbons (Fsp3) is 0.118. The number of methoxy groups -OCH3 is 1. The lowest BCUT2D eigenvalue weighted by atomic mass is 10.0.